The van der Waals surface area contributed by atoms with Gasteiger partial charge in [0.25, 0.3) is 5.91 Å². The second-order valence-corrected chi connectivity index (χ2v) is 4.88. The number of halogens is 4. The third kappa shape index (κ3) is 3.32. The average molecular weight is 304 g/mol. The first-order valence-corrected chi connectivity index (χ1v) is 6.11. The lowest BCUT2D eigenvalue weighted by Gasteiger charge is -2.22. The summed E-state index contributed by atoms with van der Waals surface area (Å²) < 4.78 is 52.4. The molecule has 1 aromatic rings. The van der Waals surface area contributed by atoms with Gasteiger partial charge in [-0.3, -0.25) is 9.59 Å². The molecule has 2 atom stereocenters. The van der Waals surface area contributed by atoms with Gasteiger partial charge in [-0.05, 0) is 6.07 Å². The fourth-order valence-electron chi connectivity index (χ4n) is 2.13. The van der Waals surface area contributed by atoms with Crippen LogP contribution in [0.5, 0.6) is 0 Å². The van der Waals surface area contributed by atoms with Crippen LogP contribution in [-0.2, 0) is 9.59 Å². The van der Waals surface area contributed by atoms with E-state index < -0.39 is 41.5 Å². The number of hydrogen-bond acceptors (Lipinski definition) is 2. The van der Waals surface area contributed by atoms with Crippen molar-refractivity contribution in [3.05, 3.63) is 35.4 Å². The Morgan fingerprint density at radius 1 is 1.38 bits per heavy atom. The van der Waals surface area contributed by atoms with E-state index in [0.29, 0.717) is 13.0 Å². The van der Waals surface area contributed by atoms with Crippen molar-refractivity contribution in [1.82, 2.24) is 10.6 Å². The second-order valence-electron chi connectivity index (χ2n) is 4.88. The molecular weight excluding hydrogens is 292 g/mol. The summed E-state index contributed by atoms with van der Waals surface area (Å²) in [7, 11) is 0. The van der Waals surface area contributed by atoms with Crippen LogP contribution in [-0.4, -0.2) is 23.8 Å². The Hall–Kier alpha value is -2.12. The highest BCUT2D eigenvalue weighted by Gasteiger charge is 2.40. The highest BCUT2D eigenvalue weighted by molar-refractivity contribution is 5.86. The highest BCUT2D eigenvalue weighted by atomic mass is 19.3. The van der Waals surface area contributed by atoms with Crippen LogP contribution in [0.4, 0.5) is 17.6 Å². The molecule has 1 heterocycles. The fraction of sp³-hybridized carbons (Fsp3) is 0.385. The highest BCUT2D eigenvalue weighted by Crippen LogP contribution is 2.28. The predicted molar refractivity (Wildman–Crippen MR) is 64.4 cm³/mol. The van der Waals surface area contributed by atoms with Gasteiger partial charge in [-0.25, -0.2) is 8.78 Å². The second kappa shape index (κ2) is 5.34. The zero-order valence-electron chi connectivity index (χ0n) is 10.9. The van der Waals surface area contributed by atoms with Crippen molar-refractivity contribution in [2.75, 3.05) is 0 Å². The van der Waals surface area contributed by atoms with Crippen molar-refractivity contribution in [3.63, 3.8) is 0 Å². The van der Waals surface area contributed by atoms with Crippen LogP contribution >= 0.6 is 0 Å². The van der Waals surface area contributed by atoms with Crippen LogP contribution in [0.3, 0.4) is 0 Å². The van der Waals surface area contributed by atoms with E-state index in [4.69, 9.17) is 0 Å². The Morgan fingerprint density at radius 2 is 2.05 bits per heavy atom. The average Bonchev–Trinajstić information content (AvgIpc) is 2.69. The summed E-state index contributed by atoms with van der Waals surface area (Å²) in [4.78, 5) is 22.7. The van der Waals surface area contributed by atoms with Gasteiger partial charge in [-0.15, -0.1) is 0 Å². The van der Waals surface area contributed by atoms with Crippen LogP contribution in [0.2, 0.25) is 0 Å². The molecule has 0 aromatic heterocycles. The number of benzene rings is 1. The van der Waals surface area contributed by atoms with Crippen LogP contribution < -0.4 is 10.6 Å². The summed E-state index contributed by atoms with van der Waals surface area (Å²) in [6.45, 7) is 0.417. The van der Waals surface area contributed by atoms with Crippen molar-refractivity contribution in [3.8, 4) is 0 Å². The maximum absolute atomic E-state index is 13.7. The number of carbonyl (C=O) groups excluding carboxylic acids is 2. The van der Waals surface area contributed by atoms with E-state index in [1.165, 1.54) is 0 Å². The summed E-state index contributed by atoms with van der Waals surface area (Å²) in [6.07, 6.45) is -0.261. The van der Waals surface area contributed by atoms with E-state index in [1.54, 1.807) is 0 Å². The molecule has 1 fully saturated rings. The summed E-state index contributed by atoms with van der Waals surface area (Å²) in [5.41, 5.74) is -0.0769. The van der Waals surface area contributed by atoms with Crippen molar-refractivity contribution in [2.45, 2.75) is 31.4 Å². The zero-order valence-corrected chi connectivity index (χ0v) is 10.9. The maximum atomic E-state index is 13.7. The van der Waals surface area contributed by atoms with Crippen molar-refractivity contribution >= 4 is 11.8 Å². The van der Waals surface area contributed by atoms with E-state index in [9.17, 15) is 27.2 Å². The molecule has 114 valence electrons. The SMILES string of the molecule is CC(F)(F)C(=O)N[C@H]1CC(=O)NC1c1ccc(F)cc1F. The van der Waals surface area contributed by atoms with Crippen molar-refractivity contribution < 1.29 is 27.2 Å². The van der Waals surface area contributed by atoms with E-state index >= 15 is 0 Å². The number of alkyl halides is 2. The van der Waals surface area contributed by atoms with E-state index in [2.05, 4.69) is 5.32 Å². The fourth-order valence-corrected chi connectivity index (χ4v) is 2.13. The Bertz CT molecular complexity index is 586. The standard InChI is InChI=1S/C13H12F4N2O2/c1-13(16,17)12(21)18-9-5-10(20)19-11(9)7-3-2-6(14)4-8(7)15/h2-4,9,11H,5H2,1H3,(H,18,21)(H,19,20)/t9-,11?/m0/s1. The third-order valence-corrected chi connectivity index (χ3v) is 3.14. The van der Waals surface area contributed by atoms with Crippen LogP contribution in [0, 0.1) is 11.6 Å². The summed E-state index contributed by atoms with van der Waals surface area (Å²) in [6, 6.07) is 0.646. The molecule has 0 bridgehead atoms. The van der Waals surface area contributed by atoms with Gasteiger partial charge in [0.15, 0.2) is 0 Å². The van der Waals surface area contributed by atoms with Gasteiger partial charge in [-0.2, -0.15) is 8.78 Å². The van der Waals surface area contributed by atoms with Gasteiger partial charge < -0.3 is 10.6 Å². The third-order valence-electron chi connectivity index (χ3n) is 3.14. The van der Waals surface area contributed by atoms with Gasteiger partial charge in [0.1, 0.15) is 11.6 Å². The lowest BCUT2D eigenvalue weighted by molar-refractivity contribution is -0.143. The number of amides is 2. The Labute approximate surface area is 117 Å². The maximum Gasteiger partial charge on any atom is 0.321 e. The molecule has 0 aliphatic carbocycles. The molecule has 2 N–H and O–H groups in total. The number of hydrogen-bond donors (Lipinski definition) is 2. The Morgan fingerprint density at radius 3 is 2.62 bits per heavy atom. The lowest BCUT2D eigenvalue weighted by atomic mass is 10.00. The minimum Gasteiger partial charge on any atom is -0.347 e. The molecule has 1 aliphatic heterocycles. The topological polar surface area (TPSA) is 58.2 Å². The molecule has 1 unspecified atom stereocenters. The molecule has 0 radical (unpaired) electrons. The molecule has 1 saturated heterocycles. The quantitative estimate of drug-likeness (QED) is 0.835. The molecule has 8 heteroatoms. The van der Waals surface area contributed by atoms with Gasteiger partial charge in [0, 0.05) is 25.0 Å². The predicted octanol–water partition coefficient (Wildman–Crippen LogP) is 1.67. The summed E-state index contributed by atoms with van der Waals surface area (Å²) in [5.74, 6) is -7.42. The van der Waals surface area contributed by atoms with E-state index in [0.717, 1.165) is 12.1 Å². The molecule has 1 aromatic carbocycles. The molecular formula is C13H12F4N2O2. The zero-order chi connectivity index (χ0) is 15.8. The molecule has 4 nitrogen and oxygen atoms in total. The Kier molecular flexibility index (Phi) is 3.89. The molecule has 21 heavy (non-hydrogen) atoms. The van der Waals surface area contributed by atoms with Crippen LogP contribution in [0.15, 0.2) is 18.2 Å². The smallest absolute Gasteiger partial charge is 0.321 e. The minimum absolute atomic E-state index is 0.0769. The Balaban J connectivity index is 2.24. The van der Waals surface area contributed by atoms with Gasteiger partial charge >= 0.3 is 5.92 Å². The molecule has 2 amide bonds. The lowest BCUT2D eigenvalue weighted by Crippen LogP contribution is -2.45. The molecule has 0 spiro atoms. The monoisotopic (exact) mass is 304 g/mol. The summed E-state index contributed by atoms with van der Waals surface area (Å²) in [5, 5.41) is 4.38. The molecule has 0 saturated carbocycles. The van der Waals surface area contributed by atoms with Crippen LogP contribution in [0.25, 0.3) is 0 Å². The first kappa shape index (κ1) is 15.3. The van der Waals surface area contributed by atoms with Gasteiger partial charge in [0.05, 0.1) is 12.1 Å². The summed E-state index contributed by atoms with van der Waals surface area (Å²) >= 11 is 0. The first-order chi connectivity index (χ1) is 9.68. The molecule has 1 aliphatic rings. The van der Waals surface area contributed by atoms with Gasteiger partial charge in [0.2, 0.25) is 5.91 Å². The largest absolute Gasteiger partial charge is 0.347 e. The number of carbonyl (C=O) groups is 2. The van der Waals surface area contributed by atoms with Crippen molar-refractivity contribution in [1.29, 1.82) is 0 Å². The van der Waals surface area contributed by atoms with Gasteiger partial charge in [-0.1, -0.05) is 6.07 Å². The number of nitrogens with one attached hydrogen (secondary N) is 2. The number of rotatable bonds is 3. The van der Waals surface area contributed by atoms with Crippen LogP contribution in [0.1, 0.15) is 24.9 Å². The van der Waals surface area contributed by atoms with E-state index in [-0.39, 0.29) is 12.0 Å². The van der Waals surface area contributed by atoms with Crippen molar-refractivity contribution in [2.24, 2.45) is 0 Å². The first-order valence-electron chi connectivity index (χ1n) is 6.11. The normalized spacial score (nSPS) is 22.0. The minimum atomic E-state index is -3.61. The van der Waals surface area contributed by atoms with E-state index in [1.807, 2.05) is 5.32 Å². The molecule has 2 rings (SSSR count).